The van der Waals surface area contributed by atoms with E-state index >= 15 is 0 Å². The lowest BCUT2D eigenvalue weighted by molar-refractivity contribution is 0.461. The highest BCUT2D eigenvalue weighted by Gasteiger charge is 2.19. The summed E-state index contributed by atoms with van der Waals surface area (Å²) in [6.07, 6.45) is 1.45. The minimum Gasteiger partial charge on any atom is -0.325 e. The molecule has 1 nitrogen and oxygen atoms in total. The summed E-state index contributed by atoms with van der Waals surface area (Å²) in [5.74, 6) is -0.205. The first-order valence-corrected chi connectivity index (χ1v) is 6.53. The van der Waals surface area contributed by atoms with Crippen LogP contribution in [0.15, 0.2) is 48.5 Å². The van der Waals surface area contributed by atoms with E-state index in [1.807, 2.05) is 13.0 Å². The lowest BCUT2D eigenvalue weighted by Crippen LogP contribution is -2.40. The third-order valence-electron chi connectivity index (χ3n) is 3.23. The summed E-state index contributed by atoms with van der Waals surface area (Å²) in [5, 5.41) is 0. The van der Waals surface area contributed by atoms with Crippen LogP contribution >= 0.6 is 0 Å². The van der Waals surface area contributed by atoms with Gasteiger partial charge in [-0.3, -0.25) is 0 Å². The summed E-state index contributed by atoms with van der Waals surface area (Å²) < 4.78 is 13.2. The van der Waals surface area contributed by atoms with Crippen molar-refractivity contribution >= 4 is 0 Å². The van der Waals surface area contributed by atoms with Gasteiger partial charge in [-0.1, -0.05) is 42.0 Å². The van der Waals surface area contributed by atoms with Crippen LogP contribution in [-0.4, -0.2) is 5.54 Å². The molecule has 0 spiro atoms. The van der Waals surface area contributed by atoms with Gasteiger partial charge in [-0.25, -0.2) is 4.39 Å². The van der Waals surface area contributed by atoms with Crippen LogP contribution < -0.4 is 5.73 Å². The molecule has 0 saturated carbocycles. The third-order valence-corrected chi connectivity index (χ3v) is 3.23. The summed E-state index contributed by atoms with van der Waals surface area (Å²) in [6, 6.07) is 15.0. The topological polar surface area (TPSA) is 26.0 Å². The Bertz CT molecular complexity index is 543. The largest absolute Gasteiger partial charge is 0.325 e. The molecule has 2 heteroatoms. The number of aryl methyl sites for hydroxylation is 1. The third kappa shape index (κ3) is 4.18. The molecule has 2 aromatic rings. The van der Waals surface area contributed by atoms with Crippen molar-refractivity contribution in [2.24, 2.45) is 5.73 Å². The Hall–Kier alpha value is -1.67. The number of hydrogen-bond acceptors (Lipinski definition) is 1. The summed E-state index contributed by atoms with van der Waals surface area (Å²) in [6.45, 7) is 4.08. The molecule has 0 heterocycles. The molecule has 0 radical (unpaired) electrons. The van der Waals surface area contributed by atoms with Gasteiger partial charge in [0.05, 0.1) is 0 Å². The van der Waals surface area contributed by atoms with E-state index in [2.05, 4.69) is 31.2 Å². The van der Waals surface area contributed by atoms with Gasteiger partial charge in [0.25, 0.3) is 0 Å². The maximum atomic E-state index is 13.2. The van der Waals surface area contributed by atoms with Crippen LogP contribution in [0.25, 0.3) is 0 Å². The van der Waals surface area contributed by atoms with E-state index in [0.29, 0.717) is 6.42 Å². The van der Waals surface area contributed by atoms with Crippen molar-refractivity contribution in [2.45, 2.75) is 32.2 Å². The fourth-order valence-corrected chi connectivity index (χ4v) is 2.35. The van der Waals surface area contributed by atoms with Gasteiger partial charge in [0, 0.05) is 5.54 Å². The highest BCUT2D eigenvalue weighted by Crippen LogP contribution is 2.17. The van der Waals surface area contributed by atoms with E-state index in [0.717, 1.165) is 12.0 Å². The predicted molar refractivity (Wildman–Crippen MR) is 77.6 cm³/mol. The molecular weight excluding hydrogens is 237 g/mol. The molecule has 0 aliphatic carbocycles. The molecule has 0 amide bonds. The van der Waals surface area contributed by atoms with Crippen LogP contribution in [0, 0.1) is 12.7 Å². The average Bonchev–Trinajstić information content (AvgIpc) is 2.31. The second kappa shape index (κ2) is 5.54. The minimum atomic E-state index is -0.372. The summed E-state index contributed by atoms with van der Waals surface area (Å²) in [5.41, 5.74) is 9.37. The molecule has 1 atom stereocenters. The van der Waals surface area contributed by atoms with Crippen molar-refractivity contribution in [3.63, 3.8) is 0 Å². The van der Waals surface area contributed by atoms with E-state index in [1.165, 1.54) is 17.2 Å². The first kappa shape index (κ1) is 13.8. The highest BCUT2D eigenvalue weighted by molar-refractivity contribution is 5.25. The molecule has 0 aliphatic rings. The van der Waals surface area contributed by atoms with Crippen molar-refractivity contribution in [1.29, 1.82) is 0 Å². The van der Waals surface area contributed by atoms with Gasteiger partial charge in [0.2, 0.25) is 0 Å². The van der Waals surface area contributed by atoms with Gasteiger partial charge in [0.1, 0.15) is 5.82 Å². The van der Waals surface area contributed by atoms with E-state index in [4.69, 9.17) is 5.73 Å². The van der Waals surface area contributed by atoms with Crippen molar-refractivity contribution in [2.75, 3.05) is 0 Å². The fourth-order valence-electron chi connectivity index (χ4n) is 2.35. The SMILES string of the molecule is Cc1ccc(CC(C)(N)Cc2cccc(F)c2)cc1. The Morgan fingerprint density at radius 1 is 1.00 bits per heavy atom. The molecule has 2 aromatic carbocycles. The first-order valence-electron chi connectivity index (χ1n) is 6.53. The molecule has 2 N–H and O–H groups in total. The molecule has 0 fully saturated rings. The Labute approximate surface area is 114 Å². The predicted octanol–water partition coefficient (Wildman–Crippen LogP) is 3.64. The molecule has 1 unspecified atom stereocenters. The number of halogens is 1. The van der Waals surface area contributed by atoms with Crippen molar-refractivity contribution in [1.82, 2.24) is 0 Å². The molecule has 0 aliphatic heterocycles. The van der Waals surface area contributed by atoms with Crippen LogP contribution in [0.4, 0.5) is 4.39 Å². The highest BCUT2D eigenvalue weighted by atomic mass is 19.1. The zero-order valence-corrected chi connectivity index (χ0v) is 11.5. The second-order valence-electron chi connectivity index (χ2n) is 5.62. The minimum absolute atomic E-state index is 0.205. The van der Waals surface area contributed by atoms with Gasteiger partial charge in [-0.15, -0.1) is 0 Å². The van der Waals surface area contributed by atoms with Gasteiger partial charge in [-0.2, -0.15) is 0 Å². The van der Waals surface area contributed by atoms with E-state index in [9.17, 15) is 4.39 Å². The molecule has 0 aromatic heterocycles. The van der Waals surface area contributed by atoms with Crippen LogP contribution in [0.3, 0.4) is 0 Å². The zero-order valence-electron chi connectivity index (χ0n) is 11.5. The quantitative estimate of drug-likeness (QED) is 0.889. The molecule has 2 rings (SSSR count). The van der Waals surface area contributed by atoms with Gasteiger partial charge >= 0.3 is 0 Å². The van der Waals surface area contributed by atoms with Gasteiger partial charge in [-0.05, 0) is 49.9 Å². The summed E-state index contributed by atoms with van der Waals surface area (Å²) in [7, 11) is 0. The smallest absolute Gasteiger partial charge is 0.123 e. The average molecular weight is 257 g/mol. The monoisotopic (exact) mass is 257 g/mol. The molecule has 0 bridgehead atoms. The Morgan fingerprint density at radius 3 is 2.26 bits per heavy atom. The Balaban J connectivity index is 2.07. The lowest BCUT2D eigenvalue weighted by Gasteiger charge is -2.25. The standard InChI is InChI=1S/C17H20FN/c1-13-6-8-14(9-7-13)11-17(2,19)12-15-4-3-5-16(18)10-15/h3-10H,11-12,19H2,1-2H3. The molecular formula is C17H20FN. The Morgan fingerprint density at radius 2 is 1.63 bits per heavy atom. The molecule has 0 saturated heterocycles. The van der Waals surface area contributed by atoms with Crippen LogP contribution in [-0.2, 0) is 12.8 Å². The number of nitrogens with two attached hydrogens (primary N) is 1. The van der Waals surface area contributed by atoms with E-state index in [1.54, 1.807) is 12.1 Å². The second-order valence-corrected chi connectivity index (χ2v) is 5.62. The van der Waals surface area contributed by atoms with Gasteiger partial charge < -0.3 is 5.73 Å². The number of rotatable bonds is 4. The van der Waals surface area contributed by atoms with Gasteiger partial charge in [0.15, 0.2) is 0 Å². The van der Waals surface area contributed by atoms with Crippen LogP contribution in [0.2, 0.25) is 0 Å². The summed E-state index contributed by atoms with van der Waals surface area (Å²) >= 11 is 0. The number of benzene rings is 2. The fraction of sp³-hybridized carbons (Fsp3) is 0.294. The zero-order chi connectivity index (χ0) is 13.9. The van der Waals surface area contributed by atoms with Crippen LogP contribution in [0.5, 0.6) is 0 Å². The van der Waals surface area contributed by atoms with Crippen molar-refractivity contribution in [3.8, 4) is 0 Å². The Kier molecular flexibility index (Phi) is 4.01. The lowest BCUT2D eigenvalue weighted by atomic mass is 9.87. The molecule has 19 heavy (non-hydrogen) atoms. The maximum absolute atomic E-state index is 13.2. The van der Waals surface area contributed by atoms with E-state index in [-0.39, 0.29) is 11.4 Å². The van der Waals surface area contributed by atoms with E-state index < -0.39 is 0 Å². The van der Waals surface area contributed by atoms with Crippen molar-refractivity contribution in [3.05, 3.63) is 71.0 Å². The molecule has 100 valence electrons. The normalized spacial score (nSPS) is 14.1. The first-order chi connectivity index (χ1) is 8.94. The number of hydrogen-bond donors (Lipinski definition) is 1. The van der Waals surface area contributed by atoms with Crippen molar-refractivity contribution < 1.29 is 4.39 Å². The summed E-state index contributed by atoms with van der Waals surface area (Å²) in [4.78, 5) is 0. The maximum Gasteiger partial charge on any atom is 0.123 e. The van der Waals surface area contributed by atoms with Crippen LogP contribution in [0.1, 0.15) is 23.6 Å².